The van der Waals surface area contributed by atoms with Crippen LogP contribution in [0.3, 0.4) is 0 Å². The lowest BCUT2D eigenvalue weighted by molar-refractivity contribution is -0.131. The average Bonchev–Trinajstić information content (AvgIpc) is 2.59. The molecule has 3 heteroatoms. The Morgan fingerprint density at radius 1 is 1.54 bits per heavy atom. The van der Waals surface area contributed by atoms with Gasteiger partial charge in [-0.1, -0.05) is 6.92 Å². The van der Waals surface area contributed by atoms with Gasteiger partial charge in [-0.3, -0.25) is 9.78 Å². The molecule has 0 aromatic carbocycles. The second-order valence-electron chi connectivity index (χ2n) is 3.25. The van der Waals surface area contributed by atoms with Crippen LogP contribution in [0.15, 0.2) is 18.5 Å². The molecule has 68 valence electrons. The van der Waals surface area contributed by atoms with E-state index in [-0.39, 0.29) is 5.91 Å². The Balaban J connectivity index is 2.18. The van der Waals surface area contributed by atoms with Crippen molar-refractivity contribution in [2.45, 2.75) is 26.4 Å². The zero-order valence-electron chi connectivity index (χ0n) is 7.66. The van der Waals surface area contributed by atoms with E-state index in [1.54, 1.807) is 6.20 Å². The highest BCUT2D eigenvalue weighted by molar-refractivity contribution is 5.76. The summed E-state index contributed by atoms with van der Waals surface area (Å²) >= 11 is 0. The summed E-state index contributed by atoms with van der Waals surface area (Å²) in [4.78, 5) is 17.3. The highest BCUT2D eigenvalue weighted by Crippen LogP contribution is 2.21. The Hall–Kier alpha value is -1.38. The van der Waals surface area contributed by atoms with Gasteiger partial charge in [0.2, 0.25) is 5.91 Å². The van der Waals surface area contributed by atoms with Crippen molar-refractivity contribution in [3.8, 4) is 0 Å². The first-order valence-corrected chi connectivity index (χ1v) is 4.51. The number of hydrogen-bond donors (Lipinski definition) is 0. The summed E-state index contributed by atoms with van der Waals surface area (Å²) in [6, 6.07) is 1.98. The second-order valence-corrected chi connectivity index (χ2v) is 3.25. The minimum atomic E-state index is 0.219. The largest absolute Gasteiger partial charge is 0.334 e. The standard InChI is InChI=1S/C10H12N2O/c1-2-10(13)12-6-8-3-4-11-5-9(8)7-12/h3-5H,2,6-7H2,1H3. The molecule has 0 saturated carbocycles. The quantitative estimate of drug-likeness (QED) is 0.646. The second kappa shape index (κ2) is 3.17. The lowest BCUT2D eigenvalue weighted by Gasteiger charge is -2.13. The van der Waals surface area contributed by atoms with Gasteiger partial charge in [0.1, 0.15) is 0 Å². The molecule has 0 saturated heterocycles. The Morgan fingerprint density at radius 3 is 3.00 bits per heavy atom. The number of aromatic nitrogens is 1. The lowest BCUT2D eigenvalue weighted by atomic mass is 10.2. The van der Waals surface area contributed by atoms with E-state index in [2.05, 4.69) is 4.98 Å². The molecule has 0 atom stereocenters. The van der Waals surface area contributed by atoms with Gasteiger partial charge in [0.25, 0.3) is 0 Å². The molecule has 2 heterocycles. The van der Waals surface area contributed by atoms with Crippen LogP contribution in [0.4, 0.5) is 0 Å². The van der Waals surface area contributed by atoms with Crippen molar-refractivity contribution in [2.75, 3.05) is 0 Å². The summed E-state index contributed by atoms with van der Waals surface area (Å²) in [5, 5.41) is 0. The van der Waals surface area contributed by atoms with Gasteiger partial charge < -0.3 is 4.90 Å². The van der Waals surface area contributed by atoms with E-state index in [4.69, 9.17) is 0 Å². The van der Waals surface area contributed by atoms with Crippen molar-refractivity contribution in [1.29, 1.82) is 0 Å². The number of amides is 1. The first kappa shape index (κ1) is 8.23. The molecule has 1 aliphatic rings. The summed E-state index contributed by atoms with van der Waals surface area (Å²) in [5.41, 5.74) is 2.42. The molecule has 1 amide bonds. The predicted octanol–water partition coefficient (Wildman–Crippen LogP) is 1.33. The number of carbonyl (C=O) groups excluding carboxylic acids is 1. The molecule has 0 unspecified atom stereocenters. The highest BCUT2D eigenvalue weighted by atomic mass is 16.2. The SMILES string of the molecule is CCC(=O)N1Cc2ccncc2C1. The molecule has 1 aliphatic heterocycles. The fourth-order valence-electron chi connectivity index (χ4n) is 1.62. The Labute approximate surface area is 77.4 Å². The van der Waals surface area contributed by atoms with E-state index in [0.29, 0.717) is 6.42 Å². The molecule has 1 aromatic rings. The Morgan fingerprint density at radius 2 is 2.31 bits per heavy atom. The molecule has 2 rings (SSSR count). The van der Waals surface area contributed by atoms with E-state index in [9.17, 15) is 4.79 Å². The fraction of sp³-hybridized carbons (Fsp3) is 0.400. The number of rotatable bonds is 1. The number of nitrogens with zero attached hydrogens (tertiary/aromatic N) is 2. The molecular weight excluding hydrogens is 164 g/mol. The highest BCUT2D eigenvalue weighted by Gasteiger charge is 2.21. The first-order chi connectivity index (χ1) is 6.31. The summed E-state index contributed by atoms with van der Waals surface area (Å²) in [7, 11) is 0. The van der Waals surface area contributed by atoms with Crippen molar-refractivity contribution >= 4 is 5.91 Å². The zero-order chi connectivity index (χ0) is 9.26. The summed E-state index contributed by atoms with van der Waals surface area (Å²) in [5.74, 6) is 0.219. The van der Waals surface area contributed by atoms with Gasteiger partial charge in [0, 0.05) is 31.9 Å². The van der Waals surface area contributed by atoms with Crippen LogP contribution in [-0.4, -0.2) is 15.8 Å². The van der Waals surface area contributed by atoms with Gasteiger partial charge in [0.05, 0.1) is 0 Å². The third-order valence-corrected chi connectivity index (χ3v) is 2.38. The average molecular weight is 176 g/mol. The molecule has 1 aromatic heterocycles. The molecule has 0 N–H and O–H groups in total. The zero-order valence-corrected chi connectivity index (χ0v) is 7.66. The number of fused-ring (bicyclic) bond motifs is 1. The monoisotopic (exact) mass is 176 g/mol. The van der Waals surface area contributed by atoms with Crippen LogP contribution in [0, 0.1) is 0 Å². The van der Waals surface area contributed by atoms with Gasteiger partial charge in [-0.2, -0.15) is 0 Å². The minimum absolute atomic E-state index is 0.219. The van der Waals surface area contributed by atoms with E-state index >= 15 is 0 Å². The third kappa shape index (κ3) is 1.41. The van der Waals surface area contributed by atoms with Gasteiger partial charge in [-0.15, -0.1) is 0 Å². The molecule has 0 radical (unpaired) electrons. The number of pyridine rings is 1. The molecule has 0 aliphatic carbocycles. The van der Waals surface area contributed by atoms with E-state index in [1.807, 2.05) is 24.1 Å². The topological polar surface area (TPSA) is 33.2 Å². The number of carbonyl (C=O) groups is 1. The smallest absolute Gasteiger partial charge is 0.222 e. The molecule has 3 nitrogen and oxygen atoms in total. The van der Waals surface area contributed by atoms with Crippen LogP contribution in [0.1, 0.15) is 24.5 Å². The lowest BCUT2D eigenvalue weighted by Crippen LogP contribution is -2.23. The van der Waals surface area contributed by atoms with Crippen LogP contribution in [0.2, 0.25) is 0 Å². The van der Waals surface area contributed by atoms with Crippen molar-refractivity contribution < 1.29 is 4.79 Å². The normalized spacial score (nSPS) is 14.4. The Kier molecular flexibility index (Phi) is 2.00. The van der Waals surface area contributed by atoms with Crippen molar-refractivity contribution in [2.24, 2.45) is 0 Å². The van der Waals surface area contributed by atoms with Crippen LogP contribution >= 0.6 is 0 Å². The van der Waals surface area contributed by atoms with Gasteiger partial charge >= 0.3 is 0 Å². The minimum Gasteiger partial charge on any atom is -0.334 e. The molecule has 0 bridgehead atoms. The summed E-state index contributed by atoms with van der Waals surface area (Å²) in [6.45, 7) is 3.38. The summed E-state index contributed by atoms with van der Waals surface area (Å²) in [6.07, 6.45) is 4.21. The van der Waals surface area contributed by atoms with Crippen molar-refractivity contribution in [3.05, 3.63) is 29.6 Å². The maximum absolute atomic E-state index is 11.4. The molecular formula is C10H12N2O. The summed E-state index contributed by atoms with van der Waals surface area (Å²) < 4.78 is 0. The maximum Gasteiger partial charge on any atom is 0.222 e. The van der Waals surface area contributed by atoms with Crippen LogP contribution in [-0.2, 0) is 17.9 Å². The van der Waals surface area contributed by atoms with Crippen LogP contribution in [0.25, 0.3) is 0 Å². The molecule has 0 fully saturated rings. The van der Waals surface area contributed by atoms with Gasteiger partial charge in [-0.25, -0.2) is 0 Å². The fourth-order valence-corrected chi connectivity index (χ4v) is 1.62. The van der Waals surface area contributed by atoms with Crippen LogP contribution < -0.4 is 0 Å². The van der Waals surface area contributed by atoms with Crippen molar-refractivity contribution in [1.82, 2.24) is 9.88 Å². The first-order valence-electron chi connectivity index (χ1n) is 4.51. The Bertz CT molecular complexity index is 310. The molecule has 0 spiro atoms. The van der Waals surface area contributed by atoms with Gasteiger partial charge in [0.15, 0.2) is 0 Å². The third-order valence-electron chi connectivity index (χ3n) is 2.38. The number of hydrogen-bond acceptors (Lipinski definition) is 2. The maximum atomic E-state index is 11.4. The predicted molar refractivity (Wildman–Crippen MR) is 48.8 cm³/mol. The molecule has 13 heavy (non-hydrogen) atoms. The van der Waals surface area contributed by atoms with Crippen molar-refractivity contribution in [3.63, 3.8) is 0 Å². The van der Waals surface area contributed by atoms with E-state index in [0.717, 1.165) is 13.1 Å². The van der Waals surface area contributed by atoms with E-state index in [1.165, 1.54) is 11.1 Å². The van der Waals surface area contributed by atoms with Crippen LogP contribution in [0.5, 0.6) is 0 Å². The van der Waals surface area contributed by atoms with Gasteiger partial charge in [-0.05, 0) is 17.2 Å². The van der Waals surface area contributed by atoms with E-state index < -0.39 is 0 Å².